The van der Waals surface area contributed by atoms with Gasteiger partial charge in [-0.3, -0.25) is 24.7 Å². The molecule has 34 heavy (non-hydrogen) atoms. The van der Waals surface area contributed by atoms with Gasteiger partial charge >= 0.3 is 0 Å². The molecule has 0 aliphatic carbocycles. The third-order valence-electron chi connectivity index (χ3n) is 5.55. The molecule has 11 heteroatoms. The summed E-state index contributed by atoms with van der Waals surface area (Å²) in [5, 5.41) is 4.52. The lowest BCUT2D eigenvalue weighted by Gasteiger charge is -2.30. The SMILES string of the molecule is COc1cc(C(=O)N2CC(=O)Nc3cc(C(=O)NN4CCOCC4)ccc32)cc(OC)c1OC. The second-order valence-electron chi connectivity index (χ2n) is 7.63. The summed E-state index contributed by atoms with van der Waals surface area (Å²) in [6.07, 6.45) is 0. The number of carbonyl (C=O) groups is 3. The van der Waals surface area contributed by atoms with E-state index in [0.717, 1.165) is 0 Å². The first-order valence-corrected chi connectivity index (χ1v) is 10.6. The molecule has 2 heterocycles. The molecule has 180 valence electrons. The van der Waals surface area contributed by atoms with Crippen molar-refractivity contribution < 1.29 is 33.3 Å². The van der Waals surface area contributed by atoms with Gasteiger partial charge in [0.05, 0.1) is 45.9 Å². The Kier molecular flexibility index (Phi) is 6.85. The number of rotatable bonds is 6. The van der Waals surface area contributed by atoms with Gasteiger partial charge in [0.15, 0.2) is 11.5 Å². The van der Waals surface area contributed by atoms with Crippen LogP contribution in [0.5, 0.6) is 17.2 Å². The molecule has 2 aromatic carbocycles. The summed E-state index contributed by atoms with van der Waals surface area (Å²) in [6.45, 7) is 2.08. The van der Waals surface area contributed by atoms with Crippen molar-refractivity contribution in [3.05, 3.63) is 41.5 Å². The van der Waals surface area contributed by atoms with Crippen molar-refractivity contribution in [2.75, 3.05) is 64.4 Å². The lowest BCUT2D eigenvalue weighted by molar-refractivity contribution is -0.115. The number of hydrazine groups is 1. The lowest BCUT2D eigenvalue weighted by Crippen LogP contribution is -2.48. The van der Waals surface area contributed by atoms with Crippen molar-refractivity contribution in [2.24, 2.45) is 0 Å². The van der Waals surface area contributed by atoms with E-state index in [1.807, 2.05) is 0 Å². The summed E-state index contributed by atoms with van der Waals surface area (Å²) >= 11 is 0. The number of benzene rings is 2. The number of fused-ring (bicyclic) bond motifs is 1. The first-order valence-electron chi connectivity index (χ1n) is 10.6. The van der Waals surface area contributed by atoms with Crippen molar-refractivity contribution in [1.29, 1.82) is 0 Å². The van der Waals surface area contributed by atoms with Crippen molar-refractivity contribution >= 4 is 29.1 Å². The Balaban J connectivity index is 1.62. The van der Waals surface area contributed by atoms with Gasteiger partial charge in [0.1, 0.15) is 6.54 Å². The Hall–Kier alpha value is -3.83. The van der Waals surface area contributed by atoms with Gasteiger partial charge in [0, 0.05) is 24.2 Å². The quantitative estimate of drug-likeness (QED) is 0.649. The highest BCUT2D eigenvalue weighted by Crippen LogP contribution is 2.39. The number of amides is 3. The average molecular weight is 470 g/mol. The van der Waals surface area contributed by atoms with E-state index in [1.54, 1.807) is 23.2 Å². The maximum Gasteiger partial charge on any atom is 0.265 e. The first kappa shape index (κ1) is 23.3. The molecule has 0 saturated carbocycles. The predicted molar refractivity (Wildman–Crippen MR) is 123 cm³/mol. The third kappa shape index (κ3) is 4.61. The molecule has 4 rings (SSSR count). The third-order valence-corrected chi connectivity index (χ3v) is 5.55. The van der Waals surface area contributed by atoms with E-state index in [0.29, 0.717) is 60.5 Å². The van der Waals surface area contributed by atoms with E-state index in [1.165, 1.54) is 38.4 Å². The van der Waals surface area contributed by atoms with Gasteiger partial charge in [-0.15, -0.1) is 0 Å². The standard InChI is InChI=1S/C23H26N4O7/c1-31-18-11-15(12-19(32-2)21(18)33-3)23(30)27-13-20(28)24-16-10-14(4-5-17(16)27)22(29)25-26-6-8-34-9-7-26/h4-5,10-12H,6-9,13H2,1-3H3,(H,24,28)(H,25,29). The van der Waals surface area contributed by atoms with Gasteiger partial charge in [-0.25, -0.2) is 5.01 Å². The van der Waals surface area contributed by atoms with Gasteiger partial charge in [-0.1, -0.05) is 0 Å². The Bertz CT molecular complexity index is 1090. The lowest BCUT2D eigenvalue weighted by atomic mass is 10.1. The first-order chi connectivity index (χ1) is 16.4. The summed E-state index contributed by atoms with van der Waals surface area (Å²) in [5.41, 5.74) is 4.28. The van der Waals surface area contributed by atoms with Crippen molar-refractivity contribution in [1.82, 2.24) is 10.4 Å². The number of carbonyl (C=O) groups excluding carboxylic acids is 3. The molecule has 2 N–H and O–H groups in total. The van der Waals surface area contributed by atoms with Crippen LogP contribution in [0.2, 0.25) is 0 Å². The number of hydrogen-bond acceptors (Lipinski definition) is 8. The minimum absolute atomic E-state index is 0.179. The van der Waals surface area contributed by atoms with E-state index in [4.69, 9.17) is 18.9 Å². The normalized spacial score (nSPS) is 15.7. The van der Waals surface area contributed by atoms with Gasteiger partial charge in [0.25, 0.3) is 11.8 Å². The van der Waals surface area contributed by atoms with Gasteiger partial charge in [-0.05, 0) is 30.3 Å². The number of methoxy groups -OCH3 is 3. The molecule has 0 atom stereocenters. The van der Waals surface area contributed by atoms with Crippen LogP contribution in [-0.2, 0) is 9.53 Å². The van der Waals surface area contributed by atoms with Crippen LogP contribution in [0, 0.1) is 0 Å². The monoisotopic (exact) mass is 470 g/mol. The average Bonchev–Trinajstić information content (AvgIpc) is 2.86. The van der Waals surface area contributed by atoms with E-state index >= 15 is 0 Å². The predicted octanol–water partition coefficient (Wildman–Crippen LogP) is 1.29. The highest BCUT2D eigenvalue weighted by atomic mass is 16.5. The molecule has 1 fully saturated rings. The van der Waals surface area contributed by atoms with Crippen LogP contribution in [0.25, 0.3) is 0 Å². The van der Waals surface area contributed by atoms with E-state index in [-0.39, 0.29) is 23.9 Å². The number of morpholine rings is 1. The van der Waals surface area contributed by atoms with Gasteiger partial charge < -0.3 is 24.3 Å². The van der Waals surface area contributed by atoms with Crippen LogP contribution < -0.4 is 29.9 Å². The molecule has 0 bridgehead atoms. The Morgan fingerprint density at radius 1 is 0.971 bits per heavy atom. The van der Waals surface area contributed by atoms with Crippen LogP contribution in [0.1, 0.15) is 20.7 Å². The summed E-state index contributed by atoms with van der Waals surface area (Å²) in [7, 11) is 4.39. The maximum absolute atomic E-state index is 13.4. The summed E-state index contributed by atoms with van der Waals surface area (Å²) in [5.74, 6) is -0.120. The zero-order valence-corrected chi connectivity index (χ0v) is 19.2. The van der Waals surface area contributed by atoms with Crippen LogP contribution in [-0.4, -0.2) is 76.9 Å². The summed E-state index contributed by atoms with van der Waals surface area (Å²) in [4.78, 5) is 39.9. The number of nitrogens with one attached hydrogen (secondary N) is 2. The molecule has 2 aliphatic rings. The van der Waals surface area contributed by atoms with Crippen LogP contribution in [0.4, 0.5) is 11.4 Å². The zero-order chi connectivity index (χ0) is 24.2. The second-order valence-corrected chi connectivity index (χ2v) is 7.63. The molecule has 3 amide bonds. The fraction of sp³-hybridized carbons (Fsp3) is 0.348. The molecule has 0 aromatic heterocycles. The topological polar surface area (TPSA) is 119 Å². The molecular weight excluding hydrogens is 444 g/mol. The minimum atomic E-state index is -0.430. The molecule has 11 nitrogen and oxygen atoms in total. The summed E-state index contributed by atoms with van der Waals surface area (Å²) < 4.78 is 21.3. The Morgan fingerprint density at radius 2 is 1.65 bits per heavy atom. The molecule has 0 radical (unpaired) electrons. The maximum atomic E-state index is 13.4. The molecule has 2 aromatic rings. The smallest absolute Gasteiger partial charge is 0.265 e. The molecular formula is C23H26N4O7. The summed E-state index contributed by atoms with van der Waals surface area (Å²) in [6, 6.07) is 7.86. The fourth-order valence-electron chi connectivity index (χ4n) is 3.86. The Morgan fingerprint density at radius 3 is 2.26 bits per heavy atom. The number of ether oxygens (including phenoxy) is 4. The van der Waals surface area contributed by atoms with Crippen LogP contribution in [0.3, 0.4) is 0 Å². The second kappa shape index (κ2) is 9.98. The highest BCUT2D eigenvalue weighted by molar-refractivity contribution is 6.16. The zero-order valence-electron chi connectivity index (χ0n) is 19.2. The molecule has 0 spiro atoms. The van der Waals surface area contributed by atoms with E-state index in [2.05, 4.69) is 10.7 Å². The van der Waals surface area contributed by atoms with Gasteiger partial charge in [0.2, 0.25) is 11.7 Å². The minimum Gasteiger partial charge on any atom is -0.493 e. The van der Waals surface area contributed by atoms with Crippen molar-refractivity contribution in [2.45, 2.75) is 0 Å². The van der Waals surface area contributed by atoms with Crippen molar-refractivity contribution in [3.8, 4) is 17.2 Å². The largest absolute Gasteiger partial charge is 0.493 e. The van der Waals surface area contributed by atoms with E-state index < -0.39 is 5.91 Å². The molecule has 1 saturated heterocycles. The number of hydrogen-bond donors (Lipinski definition) is 2. The number of anilines is 2. The van der Waals surface area contributed by atoms with Crippen LogP contribution in [0.15, 0.2) is 30.3 Å². The van der Waals surface area contributed by atoms with Crippen LogP contribution >= 0.6 is 0 Å². The number of nitrogens with zero attached hydrogens (tertiary/aromatic N) is 2. The Labute approximate surface area is 196 Å². The van der Waals surface area contributed by atoms with Gasteiger partial charge in [-0.2, -0.15) is 0 Å². The fourth-order valence-corrected chi connectivity index (χ4v) is 3.86. The van der Waals surface area contributed by atoms with E-state index in [9.17, 15) is 14.4 Å². The molecule has 0 unspecified atom stereocenters. The molecule has 2 aliphatic heterocycles. The highest BCUT2D eigenvalue weighted by Gasteiger charge is 2.30. The van der Waals surface area contributed by atoms with Crippen molar-refractivity contribution in [3.63, 3.8) is 0 Å².